The van der Waals surface area contributed by atoms with Crippen LogP contribution in [0.5, 0.6) is 0 Å². The van der Waals surface area contributed by atoms with Crippen LogP contribution in [0.4, 0.5) is 0 Å². The van der Waals surface area contributed by atoms with E-state index in [1.165, 1.54) is 11.3 Å². The number of carbonyl (C=O) groups excluding carboxylic acids is 1. The SMILES string of the molecule is Cc1nc(C(=O)c2ccsc2)n(C)c1C. The molecule has 2 rings (SSSR count). The Balaban J connectivity index is 2.47. The number of aryl methyl sites for hydroxylation is 1. The molecule has 0 aromatic carbocycles. The van der Waals surface area contributed by atoms with Crippen LogP contribution in [-0.4, -0.2) is 15.3 Å². The van der Waals surface area contributed by atoms with Crippen LogP contribution in [0.15, 0.2) is 16.8 Å². The molecule has 0 spiro atoms. The predicted octanol–water partition coefficient (Wildman–Crippen LogP) is 2.33. The normalized spacial score (nSPS) is 10.6. The second-order valence-corrected chi connectivity index (χ2v) is 4.29. The Bertz CT molecular complexity index is 497. The predicted molar refractivity (Wildman–Crippen MR) is 60.4 cm³/mol. The first kappa shape index (κ1) is 10.1. The van der Waals surface area contributed by atoms with Crippen LogP contribution in [0, 0.1) is 13.8 Å². The molecular weight excluding hydrogens is 208 g/mol. The van der Waals surface area contributed by atoms with Gasteiger partial charge in [0.2, 0.25) is 5.78 Å². The van der Waals surface area contributed by atoms with Crippen molar-refractivity contribution in [2.24, 2.45) is 7.05 Å². The number of nitrogens with zero attached hydrogens (tertiary/aromatic N) is 2. The zero-order chi connectivity index (χ0) is 11.0. The first-order valence-electron chi connectivity index (χ1n) is 4.68. The summed E-state index contributed by atoms with van der Waals surface area (Å²) in [5, 5.41) is 3.75. The van der Waals surface area contributed by atoms with E-state index in [1.54, 1.807) is 0 Å². The van der Waals surface area contributed by atoms with Gasteiger partial charge in [-0.15, -0.1) is 0 Å². The van der Waals surface area contributed by atoms with E-state index in [9.17, 15) is 4.79 Å². The monoisotopic (exact) mass is 220 g/mol. The zero-order valence-corrected chi connectivity index (χ0v) is 9.76. The average molecular weight is 220 g/mol. The molecule has 0 aliphatic heterocycles. The first-order valence-corrected chi connectivity index (χ1v) is 5.62. The maximum Gasteiger partial charge on any atom is 0.229 e. The van der Waals surface area contributed by atoms with Crippen LogP contribution in [0.2, 0.25) is 0 Å². The summed E-state index contributed by atoms with van der Waals surface area (Å²) in [6.45, 7) is 3.88. The highest BCUT2D eigenvalue weighted by Crippen LogP contribution is 2.14. The highest BCUT2D eigenvalue weighted by molar-refractivity contribution is 7.08. The molecule has 0 saturated heterocycles. The molecule has 0 aliphatic carbocycles. The quantitative estimate of drug-likeness (QED) is 0.728. The fraction of sp³-hybridized carbons (Fsp3) is 0.273. The second-order valence-electron chi connectivity index (χ2n) is 3.51. The number of imidazole rings is 1. The number of carbonyl (C=O) groups is 1. The molecule has 15 heavy (non-hydrogen) atoms. The Morgan fingerprint density at radius 3 is 2.67 bits per heavy atom. The molecule has 0 saturated carbocycles. The number of ketones is 1. The Hall–Kier alpha value is -1.42. The van der Waals surface area contributed by atoms with Gasteiger partial charge in [-0.1, -0.05) is 0 Å². The number of thiophene rings is 1. The molecule has 78 valence electrons. The summed E-state index contributed by atoms with van der Waals surface area (Å²) < 4.78 is 1.84. The van der Waals surface area contributed by atoms with Crippen molar-refractivity contribution in [1.29, 1.82) is 0 Å². The number of hydrogen-bond acceptors (Lipinski definition) is 3. The molecule has 0 atom stereocenters. The lowest BCUT2D eigenvalue weighted by Crippen LogP contribution is -2.08. The van der Waals surface area contributed by atoms with Crippen LogP contribution in [0.1, 0.15) is 27.6 Å². The smallest absolute Gasteiger partial charge is 0.229 e. The van der Waals surface area contributed by atoms with Gasteiger partial charge in [-0.2, -0.15) is 11.3 Å². The lowest BCUT2D eigenvalue weighted by atomic mass is 10.2. The fourth-order valence-electron chi connectivity index (χ4n) is 1.44. The van der Waals surface area contributed by atoms with E-state index in [2.05, 4.69) is 4.98 Å². The van der Waals surface area contributed by atoms with Gasteiger partial charge in [0.1, 0.15) is 0 Å². The van der Waals surface area contributed by atoms with Gasteiger partial charge >= 0.3 is 0 Å². The minimum Gasteiger partial charge on any atom is -0.328 e. The van der Waals surface area contributed by atoms with E-state index in [1.807, 2.05) is 42.3 Å². The summed E-state index contributed by atoms with van der Waals surface area (Å²) in [6, 6.07) is 1.83. The molecule has 0 radical (unpaired) electrons. The van der Waals surface area contributed by atoms with Crippen molar-refractivity contribution in [1.82, 2.24) is 9.55 Å². The molecule has 4 heteroatoms. The first-order chi connectivity index (χ1) is 7.11. The van der Waals surface area contributed by atoms with Gasteiger partial charge in [-0.05, 0) is 25.3 Å². The molecule has 0 aliphatic rings. The molecule has 0 unspecified atom stereocenters. The highest BCUT2D eigenvalue weighted by Gasteiger charge is 2.17. The summed E-state index contributed by atoms with van der Waals surface area (Å²) in [5.74, 6) is 0.512. The van der Waals surface area contributed by atoms with Gasteiger partial charge in [-0.3, -0.25) is 4.79 Å². The third kappa shape index (κ3) is 1.61. The van der Waals surface area contributed by atoms with Crippen molar-refractivity contribution in [3.05, 3.63) is 39.6 Å². The Kier molecular flexibility index (Phi) is 2.44. The van der Waals surface area contributed by atoms with Crippen LogP contribution in [0.3, 0.4) is 0 Å². The number of rotatable bonds is 2. The van der Waals surface area contributed by atoms with Gasteiger partial charge in [0.05, 0.1) is 5.69 Å². The topological polar surface area (TPSA) is 34.9 Å². The average Bonchev–Trinajstić information content (AvgIpc) is 2.82. The van der Waals surface area contributed by atoms with Crippen LogP contribution in [-0.2, 0) is 7.05 Å². The third-order valence-electron chi connectivity index (χ3n) is 2.60. The van der Waals surface area contributed by atoms with Crippen molar-refractivity contribution >= 4 is 17.1 Å². The van der Waals surface area contributed by atoms with Gasteiger partial charge in [0, 0.05) is 23.7 Å². The Labute approximate surface area is 92.4 Å². The van der Waals surface area contributed by atoms with E-state index < -0.39 is 0 Å². The van der Waals surface area contributed by atoms with Crippen LogP contribution < -0.4 is 0 Å². The zero-order valence-electron chi connectivity index (χ0n) is 8.94. The number of aromatic nitrogens is 2. The summed E-state index contributed by atoms with van der Waals surface area (Å²) in [6.07, 6.45) is 0. The van der Waals surface area contributed by atoms with Gasteiger partial charge in [0.25, 0.3) is 0 Å². The minimum absolute atomic E-state index is 0.00468. The second kappa shape index (κ2) is 3.62. The maximum atomic E-state index is 12.0. The highest BCUT2D eigenvalue weighted by atomic mass is 32.1. The third-order valence-corrected chi connectivity index (χ3v) is 3.29. The molecule has 0 amide bonds. The molecule has 2 aromatic rings. The van der Waals surface area contributed by atoms with Crippen LogP contribution >= 0.6 is 11.3 Å². The Morgan fingerprint density at radius 2 is 2.20 bits per heavy atom. The Morgan fingerprint density at radius 1 is 1.47 bits per heavy atom. The molecule has 2 aromatic heterocycles. The standard InChI is InChI=1S/C11H12N2OS/c1-7-8(2)13(3)11(12-7)10(14)9-4-5-15-6-9/h4-6H,1-3H3. The van der Waals surface area contributed by atoms with Crippen molar-refractivity contribution in [2.45, 2.75) is 13.8 Å². The van der Waals surface area contributed by atoms with E-state index in [-0.39, 0.29) is 5.78 Å². The minimum atomic E-state index is -0.00468. The summed E-state index contributed by atoms with van der Waals surface area (Å²) in [5.41, 5.74) is 2.66. The molecule has 0 bridgehead atoms. The molecule has 2 heterocycles. The molecule has 3 nitrogen and oxygen atoms in total. The van der Waals surface area contributed by atoms with Gasteiger partial charge in [0.15, 0.2) is 5.82 Å². The van der Waals surface area contributed by atoms with E-state index in [0.29, 0.717) is 11.4 Å². The summed E-state index contributed by atoms with van der Waals surface area (Å²) in [7, 11) is 1.87. The molecule has 0 N–H and O–H groups in total. The van der Waals surface area contributed by atoms with Crippen molar-refractivity contribution in [3.63, 3.8) is 0 Å². The summed E-state index contributed by atoms with van der Waals surface area (Å²) in [4.78, 5) is 16.3. The van der Waals surface area contributed by atoms with Gasteiger partial charge in [-0.25, -0.2) is 4.98 Å². The largest absolute Gasteiger partial charge is 0.328 e. The lowest BCUT2D eigenvalue weighted by molar-refractivity contribution is 0.102. The summed E-state index contributed by atoms with van der Waals surface area (Å²) >= 11 is 1.52. The van der Waals surface area contributed by atoms with Crippen molar-refractivity contribution in [2.75, 3.05) is 0 Å². The lowest BCUT2D eigenvalue weighted by Gasteiger charge is -2.00. The fourth-order valence-corrected chi connectivity index (χ4v) is 2.08. The molecular formula is C11H12N2OS. The van der Waals surface area contributed by atoms with Crippen molar-refractivity contribution in [3.8, 4) is 0 Å². The van der Waals surface area contributed by atoms with E-state index >= 15 is 0 Å². The van der Waals surface area contributed by atoms with E-state index in [4.69, 9.17) is 0 Å². The van der Waals surface area contributed by atoms with E-state index in [0.717, 1.165) is 11.4 Å². The molecule has 0 fully saturated rings. The number of hydrogen-bond donors (Lipinski definition) is 0. The van der Waals surface area contributed by atoms with Gasteiger partial charge < -0.3 is 4.57 Å². The van der Waals surface area contributed by atoms with Crippen molar-refractivity contribution < 1.29 is 4.79 Å². The maximum absolute atomic E-state index is 12.0. The van der Waals surface area contributed by atoms with Crippen LogP contribution in [0.25, 0.3) is 0 Å².